The number of fused-ring (bicyclic) bond motifs is 7. The molecule has 6 heteroatoms. The van der Waals surface area contributed by atoms with E-state index in [-0.39, 0.29) is 21.9 Å². The molecule has 4 rings (SSSR count). The Morgan fingerprint density at radius 1 is 1.11 bits per heavy atom. The SMILES string of the molecule is O=C1O[C@]2(Cl)C(Cl)=C(Cl)[C@H]3[C@@H]4CC[C@@H](C4)[C@H]3C2=C1Cl. The minimum Gasteiger partial charge on any atom is -0.429 e. The predicted octanol–water partition coefficient (Wildman–Crippen LogP) is 4.34. The lowest BCUT2D eigenvalue weighted by atomic mass is 9.70. The first-order chi connectivity index (χ1) is 8.95. The van der Waals surface area contributed by atoms with Gasteiger partial charge in [0.25, 0.3) is 0 Å². The first-order valence-corrected chi connectivity index (χ1v) is 7.84. The van der Waals surface area contributed by atoms with Crippen molar-refractivity contribution in [2.75, 3.05) is 0 Å². The van der Waals surface area contributed by atoms with Crippen molar-refractivity contribution in [3.63, 3.8) is 0 Å². The Bertz CT molecular complexity index is 567. The lowest BCUT2D eigenvalue weighted by molar-refractivity contribution is -0.139. The van der Waals surface area contributed by atoms with Crippen LogP contribution in [0.3, 0.4) is 0 Å². The normalized spacial score (nSPS) is 47.7. The average Bonchev–Trinajstić information content (AvgIpc) is 3.01. The van der Waals surface area contributed by atoms with Gasteiger partial charge in [-0.1, -0.05) is 46.4 Å². The van der Waals surface area contributed by atoms with Gasteiger partial charge in [0.15, 0.2) is 0 Å². The van der Waals surface area contributed by atoms with Crippen LogP contribution in [0.5, 0.6) is 0 Å². The van der Waals surface area contributed by atoms with Gasteiger partial charge in [0, 0.05) is 16.5 Å². The standard InChI is InChI=1S/C13H10Cl4O2/c14-9-7-5-2-1-4(3-5)6(7)8-10(15)12(18)19-13(8,17)11(9)16/h4-7H,1-3H2/t4-,5+,6+,7-,13-/m0/s1. The molecule has 4 aliphatic rings. The number of halogens is 4. The average molecular weight is 340 g/mol. The first-order valence-electron chi connectivity index (χ1n) is 6.33. The van der Waals surface area contributed by atoms with Gasteiger partial charge in [-0.3, -0.25) is 0 Å². The van der Waals surface area contributed by atoms with Gasteiger partial charge in [0.1, 0.15) is 5.03 Å². The van der Waals surface area contributed by atoms with Crippen LogP contribution >= 0.6 is 46.4 Å². The molecule has 3 aliphatic carbocycles. The molecule has 0 radical (unpaired) electrons. The molecule has 1 aliphatic heterocycles. The summed E-state index contributed by atoms with van der Waals surface area (Å²) in [5.41, 5.74) is 0.646. The van der Waals surface area contributed by atoms with E-state index in [1.807, 2.05) is 0 Å². The lowest BCUT2D eigenvalue weighted by Crippen LogP contribution is -2.40. The number of allylic oxidation sites excluding steroid dienone is 1. The molecule has 102 valence electrons. The molecule has 0 amide bonds. The number of carbonyl (C=O) groups is 1. The zero-order valence-corrected chi connectivity index (χ0v) is 12.8. The van der Waals surface area contributed by atoms with Crippen LogP contribution in [0.15, 0.2) is 20.7 Å². The van der Waals surface area contributed by atoms with Crippen molar-refractivity contribution in [3.8, 4) is 0 Å². The minimum absolute atomic E-state index is 0.0971. The molecule has 0 aromatic rings. The van der Waals surface area contributed by atoms with E-state index in [0.29, 0.717) is 22.4 Å². The second kappa shape index (κ2) is 3.85. The van der Waals surface area contributed by atoms with Gasteiger partial charge in [-0.05, 0) is 37.0 Å². The fourth-order valence-electron chi connectivity index (χ4n) is 4.37. The molecule has 0 unspecified atom stereocenters. The Hall–Kier alpha value is 0.110. The molecule has 0 saturated heterocycles. The van der Waals surface area contributed by atoms with Crippen molar-refractivity contribution in [1.29, 1.82) is 0 Å². The van der Waals surface area contributed by atoms with Gasteiger partial charge in [0.05, 0.1) is 5.03 Å². The highest BCUT2D eigenvalue weighted by atomic mass is 35.5. The van der Waals surface area contributed by atoms with Crippen LogP contribution in [-0.4, -0.2) is 11.0 Å². The summed E-state index contributed by atoms with van der Waals surface area (Å²) in [6.45, 7) is 0. The summed E-state index contributed by atoms with van der Waals surface area (Å²) >= 11 is 25.3. The van der Waals surface area contributed by atoms with E-state index in [1.165, 1.54) is 0 Å². The number of hydrogen-bond acceptors (Lipinski definition) is 2. The van der Waals surface area contributed by atoms with Crippen LogP contribution in [0.4, 0.5) is 0 Å². The van der Waals surface area contributed by atoms with Crippen LogP contribution < -0.4 is 0 Å². The highest BCUT2D eigenvalue weighted by molar-refractivity contribution is 6.49. The third-order valence-corrected chi connectivity index (χ3v) is 6.96. The number of esters is 1. The topological polar surface area (TPSA) is 26.3 Å². The van der Waals surface area contributed by atoms with E-state index < -0.39 is 11.0 Å². The molecule has 5 atom stereocenters. The predicted molar refractivity (Wildman–Crippen MR) is 74.1 cm³/mol. The summed E-state index contributed by atoms with van der Waals surface area (Å²) < 4.78 is 5.21. The van der Waals surface area contributed by atoms with E-state index >= 15 is 0 Å². The molecular formula is C13H10Cl4O2. The minimum atomic E-state index is -1.46. The largest absolute Gasteiger partial charge is 0.429 e. The fraction of sp³-hybridized carbons (Fsp3) is 0.615. The summed E-state index contributed by atoms with van der Waals surface area (Å²) in [6.07, 6.45) is 3.38. The summed E-state index contributed by atoms with van der Waals surface area (Å²) in [5.74, 6) is 0.649. The second-order valence-electron chi connectivity index (χ2n) is 5.76. The van der Waals surface area contributed by atoms with Crippen molar-refractivity contribution in [2.24, 2.45) is 23.7 Å². The molecule has 0 spiro atoms. The molecule has 2 saturated carbocycles. The zero-order chi connectivity index (χ0) is 13.5. The van der Waals surface area contributed by atoms with E-state index in [0.717, 1.165) is 19.3 Å². The number of alkyl halides is 1. The van der Waals surface area contributed by atoms with Gasteiger partial charge >= 0.3 is 5.97 Å². The Labute approximate surface area is 130 Å². The van der Waals surface area contributed by atoms with E-state index in [2.05, 4.69) is 0 Å². The smallest absolute Gasteiger partial charge is 0.352 e. The van der Waals surface area contributed by atoms with Crippen LogP contribution in [0.25, 0.3) is 0 Å². The van der Waals surface area contributed by atoms with Crippen LogP contribution in [0, 0.1) is 23.7 Å². The third kappa shape index (κ3) is 1.39. The summed E-state index contributed by atoms with van der Waals surface area (Å²) in [6, 6.07) is 0. The highest BCUT2D eigenvalue weighted by Gasteiger charge is 2.63. The van der Waals surface area contributed by atoms with Gasteiger partial charge in [-0.15, -0.1) is 0 Å². The molecule has 2 bridgehead atoms. The zero-order valence-electron chi connectivity index (χ0n) is 9.76. The number of rotatable bonds is 0. The van der Waals surface area contributed by atoms with Gasteiger partial charge < -0.3 is 4.74 Å². The van der Waals surface area contributed by atoms with Gasteiger partial charge in [0.2, 0.25) is 5.06 Å². The number of hydrogen-bond donors (Lipinski definition) is 0. The Balaban J connectivity index is 1.98. The van der Waals surface area contributed by atoms with E-state index in [4.69, 9.17) is 51.1 Å². The van der Waals surface area contributed by atoms with Crippen molar-refractivity contribution >= 4 is 52.4 Å². The third-order valence-electron chi connectivity index (χ3n) is 5.03. The molecule has 1 heterocycles. The fourth-order valence-corrected chi connectivity index (χ4v) is 5.87. The molecule has 0 aromatic carbocycles. The monoisotopic (exact) mass is 338 g/mol. The summed E-state index contributed by atoms with van der Waals surface area (Å²) in [7, 11) is 0. The number of ether oxygens (including phenoxy) is 1. The van der Waals surface area contributed by atoms with Crippen molar-refractivity contribution in [1.82, 2.24) is 0 Å². The maximum atomic E-state index is 11.8. The maximum Gasteiger partial charge on any atom is 0.352 e. The second-order valence-corrected chi connectivity index (χ2v) is 7.45. The van der Waals surface area contributed by atoms with E-state index in [1.54, 1.807) is 0 Å². The van der Waals surface area contributed by atoms with Crippen LogP contribution in [0.2, 0.25) is 0 Å². The number of carbonyl (C=O) groups excluding carboxylic acids is 1. The molecule has 2 nitrogen and oxygen atoms in total. The van der Waals surface area contributed by atoms with Crippen molar-refractivity contribution < 1.29 is 9.53 Å². The molecule has 2 fully saturated rings. The maximum absolute atomic E-state index is 11.8. The molecular weight excluding hydrogens is 330 g/mol. The van der Waals surface area contributed by atoms with Gasteiger partial charge in [-0.2, -0.15) is 0 Å². The summed E-state index contributed by atoms with van der Waals surface area (Å²) in [4.78, 5) is 11.8. The molecule has 0 N–H and O–H groups in total. The van der Waals surface area contributed by atoms with Crippen molar-refractivity contribution in [2.45, 2.75) is 24.3 Å². The lowest BCUT2D eigenvalue weighted by Gasteiger charge is -2.41. The molecule has 19 heavy (non-hydrogen) atoms. The van der Waals surface area contributed by atoms with Crippen molar-refractivity contribution in [3.05, 3.63) is 20.7 Å². The summed E-state index contributed by atoms with van der Waals surface area (Å²) in [5, 5.41) is -0.598. The van der Waals surface area contributed by atoms with Gasteiger partial charge in [-0.25, -0.2) is 4.79 Å². The quantitative estimate of drug-likeness (QED) is 0.485. The Kier molecular flexibility index (Phi) is 2.60. The van der Waals surface area contributed by atoms with Crippen LogP contribution in [0.1, 0.15) is 19.3 Å². The van der Waals surface area contributed by atoms with E-state index in [9.17, 15) is 4.79 Å². The highest BCUT2D eigenvalue weighted by Crippen LogP contribution is 2.67. The molecule has 0 aromatic heterocycles. The Morgan fingerprint density at radius 3 is 2.42 bits per heavy atom. The Morgan fingerprint density at radius 2 is 1.74 bits per heavy atom. The van der Waals surface area contributed by atoms with Crippen LogP contribution in [-0.2, 0) is 9.53 Å². The first kappa shape index (κ1) is 12.8.